The smallest absolute Gasteiger partial charge is 0.480 e. The third-order valence-electron chi connectivity index (χ3n) is 8.64. The summed E-state index contributed by atoms with van der Waals surface area (Å²) >= 11 is 2.04. The maximum absolute atomic E-state index is 12.9. The first-order valence-electron chi connectivity index (χ1n) is 15.9. The minimum absolute atomic E-state index is 0. The monoisotopic (exact) mass is 810 g/mol. The quantitative estimate of drug-likeness (QED) is 0.0332. The van der Waals surface area contributed by atoms with Crippen molar-refractivity contribution in [1.29, 1.82) is 0 Å². The number of aliphatic carboxylic acids is 2. The summed E-state index contributed by atoms with van der Waals surface area (Å²) in [5, 5.41) is 21.9. The van der Waals surface area contributed by atoms with Gasteiger partial charge in [0, 0.05) is 121 Å². The fraction of sp³-hybridized carbons (Fsp3) is 0.857. The van der Waals surface area contributed by atoms with Gasteiger partial charge in [-0.2, -0.15) is 0 Å². The summed E-state index contributed by atoms with van der Waals surface area (Å²) in [7, 11) is 3.95. The molecule has 1 radical (unpaired) electrons. The summed E-state index contributed by atoms with van der Waals surface area (Å²) in [4.78, 5) is 55.9. The van der Waals surface area contributed by atoms with E-state index in [0.717, 1.165) is 26.2 Å². The third kappa shape index (κ3) is 17.8. The molecule has 2 aliphatic heterocycles. The van der Waals surface area contributed by atoms with Gasteiger partial charge in [-0.3, -0.25) is 40.7 Å². The zero-order valence-corrected chi connectivity index (χ0v) is 30.9. The van der Waals surface area contributed by atoms with E-state index in [0.29, 0.717) is 109 Å². The van der Waals surface area contributed by atoms with Gasteiger partial charge in [-0.05, 0) is 20.0 Å². The number of halogens is 1. The first-order chi connectivity index (χ1) is 21.3. The second kappa shape index (κ2) is 22.4. The molecule has 2 rings (SSSR count). The van der Waals surface area contributed by atoms with E-state index in [1.165, 1.54) is 0 Å². The van der Waals surface area contributed by atoms with Crippen LogP contribution in [-0.4, -0.2) is 203 Å². The summed E-state index contributed by atoms with van der Waals surface area (Å²) < 4.78 is 2.41. The zero-order valence-electron chi connectivity index (χ0n) is 27.6. The Morgan fingerprint density at radius 2 is 1.17 bits per heavy atom. The molecule has 2 amide bonds. The van der Waals surface area contributed by atoms with E-state index in [1.807, 2.05) is 32.7 Å². The molecule has 0 spiro atoms. The van der Waals surface area contributed by atoms with Gasteiger partial charge in [0.05, 0.1) is 33.2 Å². The first kappa shape index (κ1) is 42.8. The number of hydrazine groups is 2. The average Bonchev–Trinajstić information content (AvgIpc) is 2.97. The van der Waals surface area contributed by atoms with Crippen LogP contribution in [0.1, 0.15) is 25.7 Å². The van der Waals surface area contributed by atoms with Crippen LogP contribution < -0.4 is 11.7 Å². The van der Waals surface area contributed by atoms with Gasteiger partial charge in [0.1, 0.15) is 6.54 Å². The Labute approximate surface area is 298 Å². The Morgan fingerprint density at radius 1 is 0.696 bits per heavy atom. The maximum atomic E-state index is 12.9. The van der Waals surface area contributed by atoms with Crippen LogP contribution in [0, 0.1) is 0 Å². The predicted molar refractivity (Wildman–Crippen MR) is 179 cm³/mol. The third-order valence-corrected chi connectivity index (χ3v) is 9.46. The number of amides is 2. The number of piperazine rings is 2. The zero-order chi connectivity index (χ0) is 33.4. The molecule has 0 aromatic rings. The van der Waals surface area contributed by atoms with Crippen LogP contribution in [-0.2, 0) is 36.2 Å². The van der Waals surface area contributed by atoms with E-state index in [9.17, 15) is 29.4 Å². The van der Waals surface area contributed by atoms with E-state index < -0.39 is 11.9 Å². The van der Waals surface area contributed by atoms with Gasteiger partial charge in [0.25, 0.3) is 0 Å². The van der Waals surface area contributed by atoms with Crippen molar-refractivity contribution in [1.82, 2.24) is 32.7 Å². The number of carbonyl (C=O) groups is 4. The van der Waals surface area contributed by atoms with Crippen LogP contribution in [0.25, 0.3) is 0 Å². The summed E-state index contributed by atoms with van der Waals surface area (Å²) in [6.45, 7) is 10.6. The predicted octanol–water partition coefficient (Wildman–Crippen LogP) is -1.92. The van der Waals surface area contributed by atoms with Gasteiger partial charge in [-0.1, -0.05) is 0 Å². The molecule has 0 saturated carbocycles. The van der Waals surface area contributed by atoms with Gasteiger partial charge in [0.2, 0.25) is 11.8 Å². The fourth-order valence-electron chi connectivity index (χ4n) is 5.58. The molecule has 2 aliphatic rings. The second-order valence-electron chi connectivity index (χ2n) is 12.5. The van der Waals surface area contributed by atoms with Crippen LogP contribution >= 0.6 is 22.9 Å². The second-order valence-corrected chi connectivity index (χ2v) is 13.9. The van der Waals surface area contributed by atoms with Crippen LogP contribution in [0.15, 0.2) is 0 Å². The molecule has 2 heterocycles. The van der Waals surface area contributed by atoms with Gasteiger partial charge >= 0.3 is 29.0 Å². The van der Waals surface area contributed by atoms with Crippen molar-refractivity contribution >= 4 is 46.6 Å². The molecule has 46 heavy (non-hydrogen) atoms. The number of likely N-dealkylation sites (N-methyl/N-ethyl adjacent to an activating group) is 2. The number of hydrogen-bond donors (Lipinski definition) is 4. The number of rotatable bonds is 21. The standard InChI is InChI=1S/C28H55IN10O6.Mn/c1-32(23-27(42)43)18-21-39(2,20-4-6-26(41)35-11-16-38(31)17-12-35)22-19-33(8-13-36(29)24-28(44)45)7-3-5-25(40)34-9-14-37(30)15-10-34;/h3-24,30-31H2,1-2H3,(H-,42,43,44,45);/q;+2/p+1. The minimum atomic E-state index is -0.881. The minimum Gasteiger partial charge on any atom is -0.480 e. The number of carboxylic acid groups (broad SMARTS) is 2. The molecular weight excluding hydrogens is 754 g/mol. The van der Waals surface area contributed by atoms with E-state index in [-0.39, 0.29) is 42.0 Å². The van der Waals surface area contributed by atoms with Crippen molar-refractivity contribution in [3.63, 3.8) is 0 Å². The van der Waals surface area contributed by atoms with Gasteiger partial charge in [0.15, 0.2) is 0 Å². The SMILES string of the molecule is CN(CC[N+](C)(CCCC(=O)N1CCN(N)CC1)CCN(CCCC(=O)N1CCN(N)CC1)CCN(I)CC(=O)O)CC(=O)O.[Mn+2]. The molecule has 2 fully saturated rings. The van der Waals surface area contributed by atoms with E-state index in [2.05, 4.69) is 11.9 Å². The molecule has 0 aromatic carbocycles. The summed E-state index contributed by atoms with van der Waals surface area (Å²) in [5.74, 6) is 10.2. The van der Waals surface area contributed by atoms with Gasteiger partial charge in [-0.25, -0.2) is 13.1 Å². The molecule has 1 unspecified atom stereocenters. The fourth-order valence-corrected chi connectivity index (χ4v) is 6.08. The molecule has 6 N–H and O–H groups in total. The number of carbonyl (C=O) groups excluding carboxylic acids is 2. The molecule has 16 nitrogen and oxygen atoms in total. The van der Waals surface area contributed by atoms with Crippen LogP contribution in [0.2, 0.25) is 0 Å². The number of nitrogens with two attached hydrogens (primary N) is 2. The average molecular weight is 811 g/mol. The summed E-state index contributed by atoms with van der Waals surface area (Å²) in [6, 6.07) is 0. The van der Waals surface area contributed by atoms with Crippen molar-refractivity contribution in [2.45, 2.75) is 25.7 Å². The Balaban J connectivity index is 0.0000106. The molecule has 1 atom stereocenters. The molecule has 265 valence electrons. The number of carboxylic acids is 2. The molecule has 18 heteroatoms. The Morgan fingerprint density at radius 3 is 1.67 bits per heavy atom. The summed E-state index contributed by atoms with van der Waals surface area (Å²) in [6.07, 6.45) is 2.30. The van der Waals surface area contributed by atoms with Crippen molar-refractivity contribution in [3.05, 3.63) is 0 Å². The largest absolute Gasteiger partial charge is 2.00 e. The maximum Gasteiger partial charge on any atom is 2.00 e. The van der Waals surface area contributed by atoms with E-state index in [1.54, 1.807) is 25.1 Å². The van der Waals surface area contributed by atoms with Gasteiger partial charge in [-0.15, -0.1) is 0 Å². The topological polar surface area (TPSA) is 183 Å². The Bertz CT molecular complexity index is 942. The van der Waals surface area contributed by atoms with Crippen molar-refractivity contribution < 1.29 is 50.9 Å². The molecule has 0 aromatic heterocycles. The first-order valence-corrected chi connectivity index (χ1v) is 16.9. The summed E-state index contributed by atoms with van der Waals surface area (Å²) in [5.41, 5.74) is 0. The van der Waals surface area contributed by atoms with E-state index >= 15 is 0 Å². The Hall–Kier alpha value is -1.19. The normalized spacial score (nSPS) is 17.7. The molecule has 2 saturated heterocycles. The van der Waals surface area contributed by atoms with Crippen molar-refractivity contribution in [2.24, 2.45) is 11.7 Å². The molecule has 0 bridgehead atoms. The van der Waals surface area contributed by atoms with Crippen molar-refractivity contribution in [2.75, 3.05) is 132 Å². The molecule has 0 aliphatic carbocycles. The van der Waals surface area contributed by atoms with Crippen LogP contribution in [0.5, 0.6) is 0 Å². The number of quaternary nitrogens is 1. The van der Waals surface area contributed by atoms with Gasteiger partial charge < -0.3 is 24.5 Å². The molecular formula is C28H56IMnN10O6+3. The van der Waals surface area contributed by atoms with E-state index in [4.69, 9.17) is 11.7 Å². The van der Waals surface area contributed by atoms with Crippen molar-refractivity contribution in [3.8, 4) is 0 Å². The Kier molecular flexibility index (Phi) is 20.9. The number of nitrogens with zero attached hydrogens (tertiary/aromatic N) is 8. The van der Waals surface area contributed by atoms with Crippen LogP contribution in [0.3, 0.4) is 0 Å². The number of hydrogen-bond acceptors (Lipinski definition) is 11. The van der Waals surface area contributed by atoms with Crippen LogP contribution in [0.4, 0.5) is 0 Å².